The third-order valence-corrected chi connectivity index (χ3v) is 4.14. The van der Waals surface area contributed by atoms with Gasteiger partial charge in [0, 0.05) is 11.8 Å². The number of ketones is 1. The summed E-state index contributed by atoms with van der Waals surface area (Å²) in [5.41, 5.74) is 7.51. The predicted molar refractivity (Wildman–Crippen MR) is 78.2 cm³/mol. The largest absolute Gasteiger partial charge is 0.384 e. The minimum atomic E-state index is -0.750. The van der Waals surface area contributed by atoms with Crippen molar-refractivity contribution in [3.8, 4) is 0 Å². The second kappa shape index (κ2) is 4.51. The zero-order valence-corrected chi connectivity index (χ0v) is 11.9. The zero-order chi connectivity index (χ0) is 15.2. The molecule has 2 aromatic rings. The van der Waals surface area contributed by atoms with Crippen LogP contribution in [0.2, 0.25) is 0 Å². The number of pyridine rings is 1. The molecular formula is C15H16N4O2. The number of hydrogen-bond donors (Lipinski definition) is 2. The first-order valence-electron chi connectivity index (χ1n) is 6.78. The summed E-state index contributed by atoms with van der Waals surface area (Å²) in [6.07, 6.45) is 3.97. The van der Waals surface area contributed by atoms with E-state index >= 15 is 0 Å². The topological polar surface area (TPSA) is 102 Å². The van der Waals surface area contributed by atoms with Gasteiger partial charge in [0.25, 0.3) is 5.56 Å². The van der Waals surface area contributed by atoms with Gasteiger partial charge >= 0.3 is 0 Å². The second-order valence-electron chi connectivity index (χ2n) is 5.64. The summed E-state index contributed by atoms with van der Waals surface area (Å²) in [5, 5.41) is 0. The number of Topliss-reactive ketones (excluding diaryl/α,β-unsaturated/α-hetero) is 1. The molecule has 3 rings (SSSR count). The molecule has 6 nitrogen and oxygen atoms in total. The molecule has 0 amide bonds. The van der Waals surface area contributed by atoms with E-state index in [1.54, 1.807) is 6.07 Å². The number of anilines is 1. The van der Waals surface area contributed by atoms with Crippen LogP contribution >= 0.6 is 0 Å². The number of carbonyl (C=O) groups is 1. The number of nitrogens with one attached hydrogen (secondary N) is 1. The van der Waals surface area contributed by atoms with E-state index in [0.717, 1.165) is 11.3 Å². The fourth-order valence-electron chi connectivity index (χ4n) is 2.90. The van der Waals surface area contributed by atoms with Crippen molar-refractivity contribution < 1.29 is 4.79 Å². The Bertz CT molecular complexity index is 776. The first-order chi connectivity index (χ1) is 9.91. The number of aromatic amines is 1. The average molecular weight is 284 g/mol. The van der Waals surface area contributed by atoms with Crippen LogP contribution in [0.25, 0.3) is 0 Å². The molecule has 108 valence electrons. The van der Waals surface area contributed by atoms with E-state index in [1.165, 1.54) is 12.4 Å². The van der Waals surface area contributed by atoms with E-state index in [-0.39, 0.29) is 11.3 Å². The Morgan fingerprint density at radius 3 is 2.81 bits per heavy atom. The number of nitrogens with two attached hydrogens (primary N) is 1. The van der Waals surface area contributed by atoms with Gasteiger partial charge in [0.05, 0.1) is 23.0 Å². The van der Waals surface area contributed by atoms with Crippen LogP contribution in [0.4, 0.5) is 5.82 Å². The van der Waals surface area contributed by atoms with Gasteiger partial charge in [-0.15, -0.1) is 0 Å². The van der Waals surface area contributed by atoms with Crippen LogP contribution in [-0.4, -0.2) is 20.7 Å². The molecule has 0 bridgehead atoms. The van der Waals surface area contributed by atoms with Gasteiger partial charge in [-0.05, 0) is 38.3 Å². The molecule has 1 aliphatic carbocycles. The molecular weight excluding hydrogens is 268 g/mol. The maximum Gasteiger partial charge on any atom is 0.266 e. The summed E-state index contributed by atoms with van der Waals surface area (Å²) in [5.74, 6) is 0.415. The van der Waals surface area contributed by atoms with Crippen LogP contribution in [0.3, 0.4) is 0 Å². The number of H-pyrrole nitrogens is 1. The van der Waals surface area contributed by atoms with Crippen LogP contribution < -0.4 is 11.3 Å². The third-order valence-electron chi connectivity index (χ3n) is 4.14. The van der Waals surface area contributed by atoms with Gasteiger partial charge in [-0.25, -0.2) is 4.98 Å². The molecule has 1 aliphatic rings. The minimum Gasteiger partial charge on any atom is -0.384 e. The molecule has 0 aliphatic heterocycles. The third kappa shape index (κ3) is 2.03. The zero-order valence-electron chi connectivity index (χ0n) is 11.9. The highest BCUT2D eigenvalue weighted by molar-refractivity contribution is 6.06. The molecule has 21 heavy (non-hydrogen) atoms. The molecule has 2 heterocycles. The highest BCUT2D eigenvalue weighted by atomic mass is 16.1. The Hall–Kier alpha value is -2.50. The number of aryl methyl sites for hydroxylation is 2. The fourth-order valence-corrected chi connectivity index (χ4v) is 2.90. The molecule has 0 saturated heterocycles. The summed E-state index contributed by atoms with van der Waals surface area (Å²) < 4.78 is 0. The molecule has 2 aromatic heterocycles. The van der Waals surface area contributed by atoms with Gasteiger partial charge in [0.2, 0.25) is 0 Å². The number of fused-ring (bicyclic) bond motifs is 1. The van der Waals surface area contributed by atoms with Crippen molar-refractivity contribution in [3.63, 3.8) is 0 Å². The van der Waals surface area contributed by atoms with E-state index in [1.807, 2.05) is 13.8 Å². The van der Waals surface area contributed by atoms with Crippen LogP contribution in [0, 0.1) is 6.92 Å². The number of carbonyl (C=O) groups excluding carboxylic acids is 1. The highest BCUT2D eigenvalue weighted by Crippen LogP contribution is 2.37. The van der Waals surface area contributed by atoms with Crippen molar-refractivity contribution in [3.05, 3.63) is 51.3 Å². The lowest BCUT2D eigenvalue weighted by atomic mass is 9.70. The molecule has 1 atom stereocenters. The van der Waals surface area contributed by atoms with Gasteiger partial charge in [0.1, 0.15) is 5.82 Å². The number of nitrogens with zero attached hydrogens (tertiary/aromatic N) is 2. The van der Waals surface area contributed by atoms with Crippen molar-refractivity contribution in [2.75, 3.05) is 5.73 Å². The van der Waals surface area contributed by atoms with E-state index < -0.39 is 5.41 Å². The van der Waals surface area contributed by atoms with Crippen LogP contribution in [0.1, 0.15) is 40.7 Å². The lowest BCUT2D eigenvalue weighted by Crippen LogP contribution is -2.39. The molecule has 6 heteroatoms. The van der Waals surface area contributed by atoms with Gasteiger partial charge in [0.15, 0.2) is 5.78 Å². The molecule has 0 radical (unpaired) electrons. The Labute approximate surface area is 121 Å². The summed E-state index contributed by atoms with van der Waals surface area (Å²) in [7, 11) is 0. The monoisotopic (exact) mass is 284 g/mol. The lowest BCUT2D eigenvalue weighted by Gasteiger charge is -2.32. The molecule has 0 aromatic carbocycles. The number of nitrogen functional groups attached to an aromatic ring is 1. The Balaban J connectivity index is 2.14. The van der Waals surface area contributed by atoms with Crippen molar-refractivity contribution in [2.24, 2.45) is 0 Å². The van der Waals surface area contributed by atoms with Gasteiger partial charge < -0.3 is 10.7 Å². The average Bonchev–Trinajstić information content (AvgIpc) is 2.43. The highest BCUT2D eigenvalue weighted by Gasteiger charge is 2.42. The van der Waals surface area contributed by atoms with E-state index in [2.05, 4.69) is 15.0 Å². The summed E-state index contributed by atoms with van der Waals surface area (Å²) in [6.45, 7) is 3.72. The number of hydrogen-bond acceptors (Lipinski definition) is 5. The van der Waals surface area contributed by atoms with Crippen LogP contribution in [-0.2, 0) is 11.8 Å². The molecule has 3 N–H and O–H groups in total. The second-order valence-corrected chi connectivity index (χ2v) is 5.64. The molecule has 0 saturated carbocycles. The minimum absolute atomic E-state index is 0.0201. The Kier molecular flexibility index (Phi) is 2.90. The smallest absolute Gasteiger partial charge is 0.266 e. The summed E-state index contributed by atoms with van der Waals surface area (Å²) >= 11 is 0. The summed E-state index contributed by atoms with van der Waals surface area (Å²) in [4.78, 5) is 35.1. The first-order valence-corrected chi connectivity index (χ1v) is 6.78. The maximum absolute atomic E-state index is 12.9. The standard InChI is InChI=1S/C15H16N4O2/c1-8-5-11(16)19-9-3-4-15(2,14(21)13(8)9)10-6-18-12(20)7-17-10/h5-7H,3-4H2,1-2H3,(H2,16,19)(H,18,20). The van der Waals surface area contributed by atoms with Crippen molar-refractivity contribution in [1.29, 1.82) is 0 Å². The van der Waals surface area contributed by atoms with Gasteiger partial charge in [-0.3, -0.25) is 14.6 Å². The number of rotatable bonds is 1. The molecule has 1 unspecified atom stereocenters. The maximum atomic E-state index is 12.9. The molecule has 0 fully saturated rings. The van der Waals surface area contributed by atoms with Crippen LogP contribution in [0.15, 0.2) is 23.3 Å². The van der Waals surface area contributed by atoms with Gasteiger partial charge in [-0.2, -0.15) is 0 Å². The fraction of sp³-hybridized carbons (Fsp3) is 0.333. The van der Waals surface area contributed by atoms with Gasteiger partial charge in [-0.1, -0.05) is 0 Å². The molecule has 0 spiro atoms. The van der Waals surface area contributed by atoms with Crippen LogP contribution in [0.5, 0.6) is 0 Å². The SMILES string of the molecule is Cc1cc(N)nc2c1C(=O)C(C)(c1c[nH]c(=O)cn1)CC2. The van der Waals surface area contributed by atoms with E-state index in [9.17, 15) is 9.59 Å². The summed E-state index contributed by atoms with van der Waals surface area (Å²) in [6, 6.07) is 1.71. The normalized spacial score (nSPS) is 21.1. The van der Waals surface area contributed by atoms with Crippen molar-refractivity contribution in [1.82, 2.24) is 15.0 Å². The van der Waals surface area contributed by atoms with Crippen molar-refractivity contribution in [2.45, 2.75) is 32.1 Å². The van der Waals surface area contributed by atoms with E-state index in [0.29, 0.717) is 29.9 Å². The van der Waals surface area contributed by atoms with E-state index in [4.69, 9.17) is 5.73 Å². The first kappa shape index (κ1) is 13.5. The lowest BCUT2D eigenvalue weighted by molar-refractivity contribution is 0.0869. The number of aromatic nitrogens is 3. The predicted octanol–water partition coefficient (Wildman–Crippen LogP) is 1.14. The quantitative estimate of drug-likeness (QED) is 0.817. The van der Waals surface area contributed by atoms with Crippen molar-refractivity contribution >= 4 is 11.6 Å². The Morgan fingerprint density at radius 2 is 2.14 bits per heavy atom. The Morgan fingerprint density at radius 1 is 1.38 bits per heavy atom.